The molecule has 0 amide bonds. The lowest BCUT2D eigenvalue weighted by Crippen LogP contribution is -2.41. The number of benzene rings is 1. The van der Waals surface area contributed by atoms with Crippen molar-refractivity contribution in [1.29, 1.82) is 0 Å². The van der Waals surface area contributed by atoms with Crippen molar-refractivity contribution < 1.29 is 4.39 Å². The summed E-state index contributed by atoms with van der Waals surface area (Å²) in [5.41, 5.74) is 0.789. The number of tetrazole rings is 1. The Hall–Kier alpha value is -2.39. The smallest absolute Gasteiger partial charge is 0.214 e. The van der Waals surface area contributed by atoms with E-state index in [1.54, 1.807) is 28.3 Å². The number of nitrogens with one attached hydrogen (secondary N) is 1. The van der Waals surface area contributed by atoms with Crippen molar-refractivity contribution in [3.05, 3.63) is 47.6 Å². The molecular weight excluding hydrogens is 371 g/mol. The molecule has 4 rings (SSSR count). The second kappa shape index (κ2) is 7.46. The van der Waals surface area contributed by atoms with Gasteiger partial charge < -0.3 is 10.2 Å². The van der Waals surface area contributed by atoms with Crippen LogP contribution in [0.5, 0.6) is 0 Å². The third kappa shape index (κ3) is 3.73. The van der Waals surface area contributed by atoms with Crippen molar-refractivity contribution >= 4 is 34.4 Å². The summed E-state index contributed by atoms with van der Waals surface area (Å²) < 4.78 is 13.0. The summed E-state index contributed by atoms with van der Waals surface area (Å²) in [4.78, 5) is 4.87. The molecule has 0 unspecified atom stereocenters. The van der Waals surface area contributed by atoms with Gasteiger partial charge in [-0.25, -0.2) is 4.39 Å². The molecule has 0 spiro atoms. The van der Waals surface area contributed by atoms with Gasteiger partial charge in [-0.1, -0.05) is 6.07 Å². The average Bonchev–Trinajstić information content (AvgIpc) is 3.35. The number of nitrogens with zero attached hydrogens (tertiary/aromatic N) is 5. The van der Waals surface area contributed by atoms with Crippen molar-refractivity contribution in [2.45, 2.75) is 18.9 Å². The highest BCUT2D eigenvalue weighted by molar-refractivity contribution is 7.80. The highest BCUT2D eigenvalue weighted by atomic mass is 32.1. The third-order valence-electron chi connectivity index (χ3n) is 4.34. The molecule has 1 saturated heterocycles. The minimum absolute atomic E-state index is 0.223. The van der Waals surface area contributed by atoms with E-state index in [0.29, 0.717) is 10.9 Å². The van der Waals surface area contributed by atoms with Crippen LogP contribution < -0.4 is 5.32 Å². The van der Waals surface area contributed by atoms with Crippen molar-refractivity contribution in [1.82, 2.24) is 25.1 Å². The van der Waals surface area contributed by atoms with E-state index in [4.69, 9.17) is 12.2 Å². The minimum Gasteiger partial charge on any atom is -0.349 e. The number of anilines is 1. The van der Waals surface area contributed by atoms with Gasteiger partial charge >= 0.3 is 0 Å². The minimum atomic E-state index is -0.260. The number of likely N-dealkylation sites (tertiary alicyclic amines) is 1. The van der Waals surface area contributed by atoms with Gasteiger partial charge in [0.2, 0.25) is 5.82 Å². The molecule has 9 heteroatoms. The second-order valence-corrected chi connectivity index (χ2v) is 7.40. The van der Waals surface area contributed by atoms with Crippen LogP contribution in [0, 0.1) is 5.82 Å². The summed E-state index contributed by atoms with van der Waals surface area (Å²) in [6.45, 7) is 1.63. The summed E-state index contributed by atoms with van der Waals surface area (Å²) in [6.07, 6.45) is 1.79. The summed E-state index contributed by atoms with van der Waals surface area (Å²) in [6, 6.07) is 10.4. The molecule has 0 radical (unpaired) electrons. The van der Waals surface area contributed by atoms with Crippen LogP contribution in [-0.4, -0.2) is 43.3 Å². The van der Waals surface area contributed by atoms with Gasteiger partial charge in [0.1, 0.15) is 5.82 Å². The van der Waals surface area contributed by atoms with Crippen LogP contribution >= 0.6 is 23.6 Å². The van der Waals surface area contributed by atoms with E-state index < -0.39 is 0 Å². The van der Waals surface area contributed by atoms with E-state index in [1.165, 1.54) is 12.1 Å². The Bertz CT molecular complexity index is 869. The summed E-state index contributed by atoms with van der Waals surface area (Å²) in [5.74, 6) is 0.417. The molecule has 134 valence electrons. The number of hydrogen-bond donors (Lipinski definition) is 1. The first-order valence-electron chi connectivity index (χ1n) is 8.34. The Morgan fingerprint density at radius 3 is 2.65 bits per heavy atom. The van der Waals surface area contributed by atoms with Crippen LogP contribution in [0.15, 0.2) is 41.8 Å². The topological polar surface area (TPSA) is 58.9 Å². The van der Waals surface area contributed by atoms with Crippen molar-refractivity contribution in [3.63, 3.8) is 0 Å². The first-order chi connectivity index (χ1) is 12.7. The van der Waals surface area contributed by atoms with Crippen LogP contribution in [-0.2, 0) is 0 Å². The molecule has 6 nitrogen and oxygen atoms in total. The van der Waals surface area contributed by atoms with Crippen molar-refractivity contribution in [2.75, 3.05) is 18.4 Å². The van der Waals surface area contributed by atoms with E-state index in [1.807, 2.05) is 17.5 Å². The van der Waals surface area contributed by atoms with Gasteiger partial charge in [0, 0.05) is 18.8 Å². The van der Waals surface area contributed by atoms with Gasteiger partial charge in [-0.3, -0.25) is 0 Å². The molecule has 0 aliphatic carbocycles. The molecule has 1 fully saturated rings. The lowest BCUT2D eigenvalue weighted by molar-refractivity contribution is 0.238. The number of hydrogen-bond acceptors (Lipinski definition) is 5. The van der Waals surface area contributed by atoms with E-state index in [2.05, 4.69) is 25.6 Å². The first-order valence-corrected chi connectivity index (χ1v) is 9.63. The molecule has 1 aliphatic heterocycles. The molecule has 26 heavy (non-hydrogen) atoms. The highest BCUT2D eigenvalue weighted by Gasteiger charge is 2.24. The van der Waals surface area contributed by atoms with Crippen LogP contribution in [0.2, 0.25) is 0 Å². The maximum absolute atomic E-state index is 13.0. The van der Waals surface area contributed by atoms with E-state index in [0.717, 1.165) is 36.5 Å². The quantitative estimate of drug-likeness (QED) is 0.692. The van der Waals surface area contributed by atoms with Crippen LogP contribution in [0.1, 0.15) is 18.9 Å². The lowest BCUT2D eigenvalue weighted by atomic mass is 10.1. The Labute approximate surface area is 159 Å². The molecule has 1 aliphatic rings. The van der Waals surface area contributed by atoms with Gasteiger partial charge in [-0.2, -0.15) is 4.80 Å². The maximum atomic E-state index is 13.0. The molecule has 1 aromatic carbocycles. The number of thiocarbonyl (C=S) groups is 1. The molecule has 0 atom stereocenters. The zero-order valence-corrected chi connectivity index (χ0v) is 15.5. The van der Waals surface area contributed by atoms with Gasteiger partial charge in [0.15, 0.2) is 5.11 Å². The monoisotopic (exact) mass is 388 g/mol. The number of piperidine rings is 1. The summed E-state index contributed by atoms with van der Waals surface area (Å²) in [7, 11) is 0. The fourth-order valence-corrected chi connectivity index (χ4v) is 3.87. The molecule has 2 aromatic heterocycles. The first kappa shape index (κ1) is 17.0. The Morgan fingerprint density at radius 2 is 1.96 bits per heavy atom. The van der Waals surface area contributed by atoms with Crippen molar-refractivity contribution in [3.8, 4) is 10.7 Å². The standard InChI is InChI=1S/C17H17FN6S2/c18-12-3-5-13(6-4-12)19-17(25)23-9-7-14(8-10-23)24-21-16(20-22-24)15-2-1-11-26-15/h1-6,11,14H,7-10H2,(H,19,25). The van der Waals surface area contributed by atoms with Crippen molar-refractivity contribution in [2.24, 2.45) is 0 Å². The zero-order valence-electron chi connectivity index (χ0n) is 13.9. The van der Waals surface area contributed by atoms with E-state index in [-0.39, 0.29) is 11.9 Å². The van der Waals surface area contributed by atoms with Crippen LogP contribution in [0.4, 0.5) is 10.1 Å². The fourth-order valence-electron chi connectivity index (χ4n) is 2.92. The van der Waals surface area contributed by atoms with Gasteiger partial charge in [-0.05, 0) is 66.0 Å². The predicted octanol–water partition coefficient (Wildman–Crippen LogP) is 3.57. The Kier molecular flexibility index (Phi) is 4.89. The molecule has 1 N–H and O–H groups in total. The van der Waals surface area contributed by atoms with Gasteiger partial charge in [0.05, 0.1) is 10.9 Å². The van der Waals surface area contributed by atoms with Gasteiger partial charge in [-0.15, -0.1) is 21.5 Å². The SMILES string of the molecule is Fc1ccc(NC(=S)N2CCC(n3nnc(-c4cccs4)n3)CC2)cc1. The Balaban J connectivity index is 1.33. The number of halogens is 1. The average molecular weight is 388 g/mol. The lowest BCUT2D eigenvalue weighted by Gasteiger charge is -2.33. The normalized spacial score (nSPS) is 15.2. The third-order valence-corrected chi connectivity index (χ3v) is 5.57. The zero-order chi connectivity index (χ0) is 17.9. The Morgan fingerprint density at radius 1 is 1.19 bits per heavy atom. The summed E-state index contributed by atoms with van der Waals surface area (Å²) >= 11 is 7.08. The maximum Gasteiger partial charge on any atom is 0.214 e. The molecular formula is C17H17FN6S2. The van der Waals surface area contributed by atoms with Gasteiger partial charge in [0.25, 0.3) is 0 Å². The predicted molar refractivity (Wildman–Crippen MR) is 104 cm³/mol. The number of thiophene rings is 1. The molecule has 3 aromatic rings. The number of aromatic nitrogens is 4. The molecule has 3 heterocycles. The van der Waals surface area contributed by atoms with Crippen LogP contribution in [0.3, 0.4) is 0 Å². The van der Waals surface area contributed by atoms with E-state index in [9.17, 15) is 4.39 Å². The molecule has 0 bridgehead atoms. The highest BCUT2D eigenvalue weighted by Crippen LogP contribution is 2.24. The second-order valence-electron chi connectivity index (χ2n) is 6.07. The van der Waals surface area contributed by atoms with Crippen LogP contribution in [0.25, 0.3) is 10.7 Å². The fraction of sp³-hybridized carbons (Fsp3) is 0.294. The van der Waals surface area contributed by atoms with E-state index >= 15 is 0 Å². The molecule has 0 saturated carbocycles. The summed E-state index contributed by atoms with van der Waals surface area (Å²) in [5, 5.41) is 18.7. The largest absolute Gasteiger partial charge is 0.349 e. The number of rotatable bonds is 3.